The van der Waals surface area contributed by atoms with Gasteiger partial charge in [0.05, 0.1) is 28.8 Å². The van der Waals surface area contributed by atoms with Crippen molar-refractivity contribution >= 4 is 11.7 Å². The summed E-state index contributed by atoms with van der Waals surface area (Å²) in [5.41, 5.74) is -1.27. The molecule has 0 spiro atoms. The second-order valence-corrected chi connectivity index (χ2v) is 5.53. The summed E-state index contributed by atoms with van der Waals surface area (Å²) in [4.78, 5) is 15.7. The largest absolute Gasteiger partial charge is 0.418 e. The van der Waals surface area contributed by atoms with Gasteiger partial charge in [0.2, 0.25) is 0 Å². The zero-order chi connectivity index (χ0) is 18.6. The fraction of sp³-hybridized carbons (Fsp3) is 0.167. The molecule has 1 aromatic carbocycles. The molecule has 8 heteroatoms. The molecule has 1 aromatic heterocycles. The van der Waals surface area contributed by atoms with Crippen LogP contribution in [0.4, 0.5) is 23.7 Å². The van der Waals surface area contributed by atoms with Gasteiger partial charge in [-0.2, -0.15) is 23.3 Å². The van der Waals surface area contributed by atoms with Crippen molar-refractivity contribution in [1.82, 2.24) is 9.78 Å². The van der Waals surface area contributed by atoms with Crippen molar-refractivity contribution in [2.75, 3.05) is 5.32 Å². The predicted octanol–water partition coefficient (Wildman–Crippen LogP) is 4.09. The van der Waals surface area contributed by atoms with E-state index in [2.05, 4.69) is 15.4 Å². The quantitative estimate of drug-likeness (QED) is 0.820. The summed E-state index contributed by atoms with van der Waals surface area (Å²) in [6.45, 7) is 0. The molecule has 1 aliphatic carbocycles. The topological polar surface area (TPSA) is 59.3 Å². The number of hydrogen-bond acceptors (Lipinski definition) is 2. The minimum Gasteiger partial charge on any atom is -0.305 e. The van der Waals surface area contributed by atoms with Crippen molar-refractivity contribution in [2.45, 2.75) is 18.6 Å². The summed E-state index contributed by atoms with van der Waals surface area (Å²) in [5.74, 6) is 0. The molecular formula is C18H15F3N4O. The summed E-state index contributed by atoms with van der Waals surface area (Å²) in [6.07, 6.45) is 7.36. The molecule has 0 fully saturated rings. The first-order valence-corrected chi connectivity index (χ1v) is 7.83. The number of aromatic nitrogens is 2. The lowest BCUT2D eigenvalue weighted by Gasteiger charge is -2.13. The van der Waals surface area contributed by atoms with Gasteiger partial charge in [-0.25, -0.2) is 4.79 Å². The van der Waals surface area contributed by atoms with Crippen LogP contribution in [0.25, 0.3) is 0 Å². The fourth-order valence-corrected chi connectivity index (χ4v) is 2.46. The Bertz CT molecular complexity index is 896. The van der Waals surface area contributed by atoms with E-state index in [4.69, 9.17) is 0 Å². The van der Waals surface area contributed by atoms with Crippen LogP contribution in [0.5, 0.6) is 0 Å². The van der Waals surface area contributed by atoms with E-state index in [1.165, 1.54) is 24.4 Å². The third-order valence-electron chi connectivity index (χ3n) is 3.67. The van der Waals surface area contributed by atoms with Crippen LogP contribution in [0.2, 0.25) is 0 Å². The zero-order valence-electron chi connectivity index (χ0n) is 13.5. The number of hydrogen-bond donors (Lipinski definition) is 1. The fourth-order valence-electron chi connectivity index (χ4n) is 2.46. The van der Waals surface area contributed by atoms with Gasteiger partial charge in [-0.3, -0.25) is 4.68 Å². The molecule has 0 radical (unpaired) electrons. The van der Waals surface area contributed by atoms with Crippen LogP contribution in [0.1, 0.15) is 18.0 Å². The van der Waals surface area contributed by atoms with Gasteiger partial charge in [0.25, 0.3) is 0 Å². The number of halogens is 3. The molecule has 5 nitrogen and oxygen atoms in total. The van der Waals surface area contributed by atoms with E-state index in [0.29, 0.717) is 0 Å². The van der Waals surface area contributed by atoms with Gasteiger partial charge in [0.1, 0.15) is 0 Å². The smallest absolute Gasteiger partial charge is 0.305 e. The Morgan fingerprint density at radius 1 is 1.19 bits per heavy atom. The minimum absolute atomic E-state index is 0.00899. The Hall–Kier alpha value is -3.16. The maximum absolute atomic E-state index is 12.9. The van der Waals surface area contributed by atoms with Crippen LogP contribution >= 0.6 is 0 Å². The molecule has 0 saturated carbocycles. The number of alkyl halides is 3. The number of carbonyl (C=O) groups is 1. The zero-order valence-corrected chi connectivity index (χ0v) is 13.5. The molecule has 0 bridgehead atoms. The Morgan fingerprint density at radius 2 is 1.92 bits per heavy atom. The number of allylic oxidation sites excluding steroid dienone is 4. The number of para-hydroxylation sites is 1. The number of urea groups is 1. The lowest BCUT2D eigenvalue weighted by atomic mass is 10.1. The van der Waals surface area contributed by atoms with Crippen molar-refractivity contribution in [3.05, 3.63) is 78.0 Å². The number of amides is 2. The predicted molar refractivity (Wildman–Crippen MR) is 90.2 cm³/mol. The van der Waals surface area contributed by atoms with Crippen LogP contribution < -0.4 is 10.7 Å². The number of carbonyl (C=O) groups excluding carboxylic acids is 1. The molecule has 1 N–H and O–H groups in total. The average Bonchev–Trinajstić information content (AvgIpc) is 2.62. The van der Waals surface area contributed by atoms with Crippen LogP contribution in [-0.2, 0) is 6.18 Å². The SMILES string of the molecule is O=C(N=c1ccn(C2C=CCC=C2)nc1)Nc1ccccc1C(F)(F)F. The van der Waals surface area contributed by atoms with Crippen molar-refractivity contribution in [1.29, 1.82) is 0 Å². The van der Waals surface area contributed by atoms with Gasteiger partial charge >= 0.3 is 12.2 Å². The summed E-state index contributed by atoms with van der Waals surface area (Å²) in [6, 6.07) is 5.39. The number of benzene rings is 1. The van der Waals surface area contributed by atoms with E-state index in [0.717, 1.165) is 12.5 Å². The van der Waals surface area contributed by atoms with Gasteiger partial charge in [0.15, 0.2) is 0 Å². The van der Waals surface area contributed by atoms with E-state index < -0.39 is 17.8 Å². The molecule has 1 heterocycles. The van der Waals surface area contributed by atoms with E-state index in [9.17, 15) is 18.0 Å². The van der Waals surface area contributed by atoms with Crippen molar-refractivity contribution in [2.24, 2.45) is 4.99 Å². The maximum Gasteiger partial charge on any atom is 0.418 e. The molecule has 26 heavy (non-hydrogen) atoms. The van der Waals surface area contributed by atoms with Crippen LogP contribution in [0.3, 0.4) is 0 Å². The van der Waals surface area contributed by atoms with Crippen LogP contribution in [0, 0.1) is 0 Å². The van der Waals surface area contributed by atoms with E-state index >= 15 is 0 Å². The summed E-state index contributed by atoms with van der Waals surface area (Å²) < 4.78 is 40.5. The Morgan fingerprint density at radius 3 is 2.58 bits per heavy atom. The lowest BCUT2D eigenvalue weighted by Crippen LogP contribution is -2.18. The average molecular weight is 360 g/mol. The maximum atomic E-state index is 12.9. The molecule has 134 valence electrons. The number of anilines is 1. The van der Waals surface area contributed by atoms with E-state index in [-0.39, 0.29) is 17.1 Å². The minimum atomic E-state index is -4.56. The van der Waals surface area contributed by atoms with Crippen molar-refractivity contribution in [3.8, 4) is 0 Å². The Balaban J connectivity index is 1.76. The van der Waals surface area contributed by atoms with Crippen molar-refractivity contribution < 1.29 is 18.0 Å². The summed E-state index contributed by atoms with van der Waals surface area (Å²) in [7, 11) is 0. The van der Waals surface area contributed by atoms with E-state index in [1.54, 1.807) is 16.9 Å². The summed E-state index contributed by atoms with van der Waals surface area (Å²) >= 11 is 0. The third-order valence-corrected chi connectivity index (χ3v) is 3.67. The molecule has 0 atom stereocenters. The van der Waals surface area contributed by atoms with Gasteiger partial charge < -0.3 is 5.32 Å². The summed E-state index contributed by atoms with van der Waals surface area (Å²) in [5, 5.41) is 6.58. The van der Waals surface area contributed by atoms with Gasteiger partial charge in [0, 0.05) is 6.20 Å². The molecular weight excluding hydrogens is 345 g/mol. The van der Waals surface area contributed by atoms with Crippen molar-refractivity contribution in [3.63, 3.8) is 0 Å². The molecule has 1 aliphatic rings. The molecule has 0 aliphatic heterocycles. The Labute approximate surface area is 147 Å². The second kappa shape index (κ2) is 7.38. The third kappa shape index (κ3) is 4.27. The molecule has 3 rings (SSSR count). The highest BCUT2D eigenvalue weighted by molar-refractivity contribution is 5.90. The van der Waals surface area contributed by atoms with Crippen LogP contribution in [0.15, 0.2) is 72.0 Å². The highest BCUT2D eigenvalue weighted by atomic mass is 19.4. The standard InChI is InChI=1S/C18H15F3N4O/c19-18(20,21)15-8-4-5-9-16(15)24-17(26)23-13-10-11-25(22-12-13)14-6-2-1-3-7-14/h2-12,14H,1H2,(H,24,26). The van der Waals surface area contributed by atoms with Gasteiger partial charge in [-0.1, -0.05) is 36.4 Å². The molecule has 2 aromatic rings. The van der Waals surface area contributed by atoms with Crippen LogP contribution in [-0.4, -0.2) is 15.8 Å². The normalized spacial score (nSPS) is 15.3. The lowest BCUT2D eigenvalue weighted by molar-refractivity contribution is -0.136. The Kier molecular flexibility index (Phi) is 5.01. The van der Waals surface area contributed by atoms with Gasteiger partial charge in [-0.05, 0) is 24.6 Å². The number of nitrogens with one attached hydrogen (secondary N) is 1. The number of rotatable bonds is 2. The highest BCUT2D eigenvalue weighted by Crippen LogP contribution is 2.34. The number of nitrogens with zero attached hydrogens (tertiary/aromatic N) is 3. The van der Waals surface area contributed by atoms with Gasteiger partial charge in [-0.15, -0.1) is 0 Å². The highest BCUT2D eigenvalue weighted by Gasteiger charge is 2.33. The van der Waals surface area contributed by atoms with E-state index in [1.807, 2.05) is 24.3 Å². The molecule has 0 unspecified atom stereocenters. The first kappa shape index (κ1) is 17.7. The first-order chi connectivity index (χ1) is 12.4. The molecule has 0 saturated heterocycles. The monoisotopic (exact) mass is 360 g/mol. The first-order valence-electron chi connectivity index (χ1n) is 7.83. The second-order valence-electron chi connectivity index (χ2n) is 5.53. The molecule has 2 amide bonds.